The number of amidine groups is 1. The van der Waals surface area contributed by atoms with Crippen molar-refractivity contribution in [3.63, 3.8) is 0 Å². The number of oxime groups is 1. The molecule has 0 fully saturated rings. The lowest BCUT2D eigenvalue weighted by Crippen LogP contribution is -2.36. The predicted octanol–water partition coefficient (Wildman–Crippen LogP) is 0.129. The minimum absolute atomic E-state index is 0.0832. The van der Waals surface area contributed by atoms with Crippen LogP contribution in [0.1, 0.15) is 17.4 Å². The molecule has 1 rings (SSSR count). The number of rotatable bonds is 4. The van der Waals surface area contributed by atoms with Crippen LogP contribution in [0.3, 0.4) is 0 Å². The van der Waals surface area contributed by atoms with Crippen molar-refractivity contribution >= 4 is 11.7 Å². The van der Waals surface area contributed by atoms with Gasteiger partial charge in [-0.25, -0.2) is 0 Å². The van der Waals surface area contributed by atoms with Crippen molar-refractivity contribution in [2.45, 2.75) is 6.92 Å². The van der Waals surface area contributed by atoms with E-state index in [-0.39, 0.29) is 23.4 Å². The van der Waals surface area contributed by atoms with Crippen LogP contribution in [-0.4, -0.2) is 40.6 Å². The van der Waals surface area contributed by atoms with E-state index in [1.807, 2.05) is 0 Å². The van der Waals surface area contributed by atoms with Gasteiger partial charge in [-0.15, -0.1) is 0 Å². The molecule has 0 aromatic carbocycles. The van der Waals surface area contributed by atoms with Gasteiger partial charge in [0, 0.05) is 25.6 Å². The van der Waals surface area contributed by atoms with Gasteiger partial charge < -0.3 is 20.4 Å². The van der Waals surface area contributed by atoms with Crippen LogP contribution in [-0.2, 0) is 0 Å². The van der Waals surface area contributed by atoms with E-state index in [9.17, 15) is 4.79 Å². The van der Waals surface area contributed by atoms with Crippen LogP contribution in [0.25, 0.3) is 0 Å². The number of nitrogens with zero attached hydrogens (tertiary/aromatic N) is 3. The van der Waals surface area contributed by atoms with Crippen molar-refractivity contribution in [2.24, 2.45) is 16.8 Å². The number of carbonyl (C=O) groups is 1. The number of nitrogens with two attached hydrogens (primary N) is 1. The van der Waals surface area contributed by atoms with E-state index in [0.717, 1.165) is 0 Å². The zero-order valence-corrected chi connectivity index (χ0v) is 9.12. The molecular formula is C9H14N4O3. The highest BCUT2D eigenvalue weighted by Gasteiger charge is 2.18. The van der Waals surface area contributed by atoms with Gasteiger partial charge in [0.1, 0.15) is 12.1 Å². The van der Waals surface area contributed by atoms with Crippen molar-refractivity contribution < 1.29 is 14.5 Å². The summed E-state index contributed by atoms with van der Waals surface area (Å²) in [4.78, 5) is 13.1. The summed E-state index contributed by atoms with van der Waals surface area (Å²) in [5.74, 6) is -0.419. The van der Waals surface area contributed by atoms with Crippen LogP contribution >= 0.6 is 0 Å². The summed E-state index contributed by atoms with van der Waals surface area (Å²) in [5.41, 5.74) is 5.64. The third-order valence-electron chi connectivity index (χ3n) is 2.17. The number of aromatic nitrogens is 1. The van der Waals surface area contributed by atoms with Gasteiger partial charge in [-0.1, -0.05) is 17.2 Å². The molecule has 0 radical (unpaired) electrons. The summed E-state index contributed by atoms with van der Waals surface area (Å²) < 4.78 is 4.57. The lowest BCUT2D eigenvalue weighted by molar-refractivity contribution is 0.0775. The zero-order valence-electron chi connectivity index (χ0n) is 9.12. The van der Waals surface area contributed by atoms with Gasteiger partial charge >= 0.3 is 0 Å². The van der Waals surface area contributed by atoms with Crippen molar-refractivity contribution in [1.29, 1.82) is 0 Å². The molecule has 0 aliphatic heterocycles. The van der Waals surface area contributed by atoms with E-state index in [1.54, 1.807) is 14.0 Å². The normalized spacial score (nSPS) is 13.5. The molecule has 1 atom stereocenters. The minimum Gasteiger partial charge on any atom is -0.409 e. The van der Waals surface area contributed by atoms with Gasteiger partial charge in [0.15, 0.2) is 5.69 Å². The molecule has 1 amide bonds. The molecule has 0 saturated carbocycles. The van der Waals surface area contributed by atoms with Crippen molar-refractivity contribution in [1.82, 2.24) is 10.1 Å². The van der Waals surface area contributed by atoms with E-state index in [2.05, 4.69) is 14.8 Å². The van der Waals surface area contributed by atoms with Crippen LogP contribution in [0.2, 0.25) is 0 Å². The molecule has 0 aliphatic carbocycles. The fraction of sp³-hybridized carbons (Fsp3) is 0.444. The molecule has 1 aromatic rings. The number of carbonyl (C=O) groups excluding carboxylic acids is 1. The average Bonchev–Trinajstić information content (AvgIpc) is 2.79. The second-order valence-corrected chi connectivity index (χ2v) is 3.50. The monoisotopic (exact) mass is 226 g/mol. The molecule has 16 heavy (non-hydrogen) atoms. The summed E-state index contributed by atoms with van der Waals surface area (Å²) >= 11 is 0. The largest absolute Gasteiger partial charge is 0.409 e. The molecular weight excluding hydrogens is 212 g/mol. The van der Waals surface area contributed by atoms with E-state index in [4.69, 9.17) is 10.9 Å². The Morgan fingerprint density at radius 3 is 3.00 bits per heavy atom. The summed E-state index contributed by atoms with van der Waals surface area (Å²) in [6.07, 6.45) is 1.33. The first-order valence-corrected chi connectivity index (χ1v) is 4.69. The third kappa shape index (κ3) is 2.72. The SMILES string of the molecule is CC(CN(C)C(=O)c1ccon1)C(N)=NO. The topological polar surface area (TPSA) is 105 Å². The Morgan fingerprint density at radius 1 is 1.81 bits per heavy atom. The van der Waals surface area contributed by atoms with Gasteiger partial charge in [-0.3, -0.25) is 4.79 Å². The lowest BCUT2D eigenvalue weighted by Gasteiger charge is -2.19. The quantitative estimate of drug-likeness (QED) is 0.328. The average molecular weight is 226 g/mol. The maximum atomic E-state index is 11.7. The smallest absolute Gasteiger partial charge is 0.275 e. The Hall–Kier alpha value is -2.05. The number of hydrogen-bond acceptors (Lipinski definition) is 5. The van der Waals surface area contributed by atoms with Crippen LogP contribution in [0.4, 0.5) is 0 Å². The predicted molar refractivity (Wildman–Crippen MR) is 56.0 cm³/mol. The summed E-state index contributed by atoms with van der Waals surface area (Å²) in [7, 11) is 1.61. The van der Waals surface area contributed by atoms with Crippen molar-refractivity contribution in [3.8, 4) is 0 Å². The van der Waals surface area contributed by atoms with Crippen LogP contribution in [0, 0.1) is 5.92 Å². The first-order chi connectivity index (χ1) is 7.56. The van der Waals surface area contributed by atoms with E-state index in [0.29, 0.717) is 6.54 Å². The molecule has 1 unspecified atom stereocenters. The van der Waals surface area contributed by atoms with Gasteiger partial charge in [-0.05, 0) is 0 Å². The summed E-state index contributed by atoms with van der Waals surface area (Å²) in [6.45, 7) is 2.09. The lowest BCUT2D eigenvalue weighted by atomic mass is 10.1. The molecule has 1 aromatic heterocycles. The van der Waals surface area contributed by atoms with E-state index in [1.165, 1.54) is 17.2 Å². The molecule has 88 valence electrons. The Morgan fingerprint density at radius 2 is 2.50 bits per heavy atom. The molecule has 3 N–H and O–H groups in total. The Balaban J connectivity index is 2.59. The van der Waals surface area contributed by atoms with Crippen LogP contribution in [0.5, 0.6) is 0 Å². The standard InChI is InChI=1S/C9H14N4O3/c1-6(8(10)11-15)5-13(2)9(14)7-3-4-16-12-7/h3-4,6,15H,5H2,1-2H3,(H2,10,11). The highest BCUT2D eigenvalue weighted by Crippen LogP contribution is 2.04. The molecule has 0 spiro atoms. The van der Waals surface area contributed by atoms with Gasteiger partial charge in [0.25, 0.3) is 5.91 Å². The van der Waals surface area contributed by atoms with Gasteiger partial charge in [-0.2, -0.15) is 0 Å². The Labute approximate surface area is 92.5 Å². The van der Waals surface area contributed by atoms with Gasteiger partial charge in [0.05, 0.1) is 0 Å². The fourth-order valence-electron chi connectivity index (χ4n) is 1.20. The van der Waals surface area contributed by atoms with Crippen LogP contribution in [0.15, 0.2) is 22.0 Å². The van der Waals surface area contributed by atoms with E-state index < -0.39 is 0 Å². The second-order valence-electron chi connectivity index (χ2n) is 3.50. The summed E-state index contributed by atoms with van der Waals surface area (Å²) in [5, 5.41) is 14.9. The van der Waals surface area contributed by atoms with E-state index >= 15 is 0 Å². The minimum atomic E-state index is -0.272. The number of amides is 1. The second kappa shape index (κ2) is 5.15. The first-order valence-electron chi connectivity index (χ1n) is 4.69. The number of hydrogen-bond donors (Lipinski definition) is 2. The van der Waals surface area contributed by atoms with Gasteiger partial charge in [0.2, 0.25) is 0 Å². The molecule has 7 nitrogen and oxygen atoms in total. The van der Waals surface area contributed by atoms with Crippen LogP contribution < -0.4 is 5.73 Å². The Bertz CT molecular complexity index is 374. The maximum absolute atomic E-state index is 11.7. The fourth-order valence-corrected chi connectivity index (χ4v) is 1.20. The first kappa shape index (κ1) is 12.0. The van der Waals surface area contributed by atoms with Crippen molar-refractivity contribution in [3.05, 3.63) is 18.0 Å². The zero-order chi connectivity index (χ0) is 12.1. The third-order valence-corrected chi connectivity index (χ3v) is 2.17. The highest BCUT2D eigenvalue weighted by molar-refractivity contribution is 5.92. The molecule has 0 saturated heterocycles. The summed E-state index contributed by atoms with van der Waals surface area (Å²) in [6, 6.07) is 1.48. The molecule has 0 bridgehead atoms. The Kier molecular flexibility index (Phi) is 3.87. The molecule has 7 heteroatoms. The van der Waals surface area contributed by atoms with Crippen molar-refractivity contribution in [2.75, 3.05) is 13.6 Å². The molecule has 1 heterocycles. The maximum Gasteiger partial charge on any atom is 0.275 e. The molecule has 0 aliphatic rings. The highest BCUT2D eigenvalue weighted by atomic mass is 16.5.